The van der Waals surface area contributed by atoms with Gasteiger partial charge in [0, 0.05) is 28.8 Å². The van der Waals surface area contributed by atoms with Crippen LogP contribution in [-0.4, -0.2) is 22.8 Å². The van der Waals surface area contributed by atoms with E-state index in [2.05, 4.69) is 20.5 Å². The topological polar surface area (TPSA) is 3.01 Å². The van der Waals surface area contributed by atoms with E-state index in [1.54, 1.807) is 0 Å². The number of hydrogen-bond acceptors (Lipinski definition) is 0. The van der Waals surface area contributed by atoms with Gasteiger partial charge in [0.15, 0.2) is 0 Å². The third-order valence-electron chi connectivity index (χ3n) is 1.53. The summed E-state index contributed by atoms with van der Waals surface area (Å²) in [5.41, 5.74) is 0. The highest BCUT2D eigenvalue weighted by molar-refractivity contribution is 9.17. The first-order valence-corrected chi connectivity index (χ1v) is 4.02. The highest BCUT2D eigenvalue weighted by Gasteiger charge is 2.07. The molecule has 1 nitrogen and oxygen atoms in total. The van der Waals surface area contributed by atoms with Gasteiger partial charge in [-0.3, -0.25) is 0 Å². The van der Waals surface area contributed by atoms with Crippen LogP contribution in [0.2, 0.25) is 0 Å². The van der Waals surface area contributed by atoms with E-state index in [9.17, 15) is 0 Å². The van der Waals surface area contributed by atoms with Crippen molar-refractivity contribution in [3.63, 3.8) is 0 Å². The lowest BCUT2D eigenvalue weighted by Gasteiger charge is -2.06. The summed E-state index contributed by atoms with van der Waals surface area (Å²) < 4.78 is 2.31. The molecule has 0 unspecified atom stereocenters. The van der Waals surface area contributed by atoms with Gasteiger partial charge in [-0.1, -0.05) is 0 Å². The molecule has 1 aliphatic rings. The monoisotopic (exact) mass is 176 g/mol. The summed E-state index contributed by atoms with van der Waals surface area (Å²) in [4.78, 5) is 0. The molecule has 0 aromatic rings. The largest absolute Gasteiger partial charge is 0.230 e. The van der Waals surface area contributed by atoms with Crippen molar-refractivity contribution in [2.24, 2.45) is 0 Å². The first-order valence-electron chi connectivity index (χ1n) is 3.11. The Hall–Kier alpha value is 0.150. The maximum atomic E-state index is 3.31. The van der Waals surface area contributed by atoms with Crippen LogP contribution in [0, 0.1) is 0 Å². The lowest BCUT2D eigenvalue weighted by Crippen LogP contribution is -2.19. The molecule has 1 fully saturated rings. The van der Waals surface area contributed by atoms with E-state index >= 15 is 0 Å². The number of piperidine rings is 1. The summed E-state index contributed by atoms with van der Waals surface area (Å²) in [5.74, 6) is 0. The SMILES string of the molecule is BrC=[N+]1CCCCC1. The van der Waals surface area contributed by atoms with Crippen molar-refractivity contribution in [3.8, 4) is 0 Å². The van der Waals surface area contributed by atoms with Crippen LogP contribution in [0.5, 0.6) is 0 Å². The molecule has 0 amide bonds. The molecule has 0 bridgehead atoms. The molecular formula is C6H11BrN+. The maximum absolute atomic E-state index is 3.31. The Morgan fingerprint density at radius 1 is 1.12 bits per heavy atom. The summed E-state index contributed by atoms with van der Waals surface area (Å²) in [7, 11) is 0. The molecule has 2 heteroatoms. The van der Waals surface area contributed by atoms with Gasteiger partial charge < -0.3 is 0 Å². The fraction of sp³-hybridized carbons (Fsp3) is 0.833. The summed E-state index contributed by atoms with van der Waals surface area (Å²) in [6, 6.07) is 0. The van der Waals surface area contributed by atoms with Gasteiger partial charge in [0.1, 0.15) is 13.1 Å². The summed E-state index contributed by atoms with van der Waals surface area (Å²) in [6.07, 6.45) is 4.14. The second kappa shape index (κ2) is 3.23. The molecular weight excluding hydrogens is 166 g/mol. The van der Waals surface area contributed by atoms with Crippen molar-refractivity contribution < 1.29 is 4.58 Å². The van der Waals surface area contributed by atoms with Gasteiger partial charge in [-0.15, -0.1) is 0 Å². The van der Waals surface area contributed by atoms with E-state index in [-0.39, 0.29) is 0 Å². The summed E-state index contributed by atoms with van der Waals surface area (Å²) in [5, 5.41) is 2.01. The zero-order valence-electron chi connectivity index (χ0n) is 4.94. The third-order valence-corrected chi connectivity index (χ3v) is 2.11. The Labute approximate surface area is 58.5 Å². The van der Waals surface area contributed by atoms with Crippen LogP contribution in [0.3, 0.4) is 0 Å². The predicted molar refractivity (Wildman–Crippen MR) is 38.8 cm³/mol. The van der Waals surface area contributed by atoms with Gasteiger partial charge in [0.25, 0.3) is 0 Å². The Bertz CT molecular complexity index is 90.7. The van der Waals surface area contributed by atoms with Crippen LogP contribution in [0.1, 0.15) is 19.3 Å². The maximum Gasteiger partial charge on any atom is 0.206 e. The van der Waals surface area contributed by atoms with E-state index in [0.29, 0.717) is 0 Å². The quantitative estimate of drug-likeness (QED) is 0.494. The van der Waals surface area contributed by atoms with Gasteiger partial charge >= 0.3 is 0 Å². The fourth-order valence-electron chi connectivity index (χ4n) is 1.02. The Balaban J connectivity index is 2.33. The number of hydrogen-bond donors (Lipinski definition) is 0. The molecule has 0 radical (unpaired) electrons. The first-order chi connectivity index (χ1) is 3.93. The Kier molecular flexibility index (Phi) is 2.53. The van der Waals surface area contributed by atoms with Crippen molar-refractivity contribution >= 4 is 21.1 Å². The third kappa shape index (κ3) is 1.58. The summed E-state index contributed by atoms with van der Waals surface area (Å²) in [6.45, 7) is 2.48. The van der Waals surface area contributed by atoms with Crippen LogP contribution in [0.25, 0.3) is 0 Å². The van der Waals surface area contributed by atoms with E-state index in [1.165, 1.54) is 32.4 Å². The number of nitrogens with zero attached hydrogens (tertiary/aromatic N) is 1. The van der Waals surface area contributed by atoms with Gasteiger partial charge in [0.05, 0.1) is 0 Å². The van der Waals surface area contributed by atoms with E-state index in [0.717, 1.165) is 0 Å². The first kappa shape index (κ1) is 6.27. The standard InChI is InChI=1S/C6H11BrN/c7-6-8-4-2-1-3-5-8/h6H,1-5H2/q+1. The Morgan fingerprint density at radius 2 is 1.75 bits per heavy atom. The van der Waals surface area contributed by atoms with Crippen LogP contribution < -0.4 is 0 Å². The zero-order valence-corrected chi connectivity index (χ0v) is 6.52. The van der Waals surface area contributed by atoms with Crippen molar-refractivity contribution in [3.05, 3.63) is 0 Å². The molecule has 0 N–H and O–H groups in total. The molecule has 1 aliphatic heterocycles. The lowest BCUT2D eigenvalue weighted by atomic mass is 10.2. The molecule has 0 saturated carbocycles. The Morgan fingerprint density at radius 3 is 2.12 bits per heavy atom. The van der Waals surface area contributed by atoms with Crippen LogP contribution >= 0.6 is 15.9 Å². The average molecular weight is 177 g/mol. The highest BCUT2D eigenvalue weighted by Crippen LogP contribution is 2.03. The molecule has 1 heterocycles. The van der Waals surface area contributed by atoms with Crippen LogP contribution in [-0.2, 0) is 0 Å². The van der Waals surface area contributed by atoms with E-state index < -0.39 is 0 Å². The van der Waals surface area contributed by atoms with Gasteiger partial charge in [-0.05, 0) is 6.42 Å². The van der Waals surface area contributed by atoms with Crippen molar-refractivity contribution in [2.45, 2.75) is 19.3 Å². The highest BCUT2D eigenvalue weighted by atomic mass is 79.9. The van der Waals surface area contributed by atoms with Gasteiger partial charge in [0.2, 0.25) is 5.12 Å². The van der Waals surface area contributed by atoms with Crippen molar-refractivity contribution in [1.29, 1.82) is 0 Å². The molecule has 0 spiro atoms. The average Bonchev–Trinajstić information content (AvgIpc) is 1.90. The van der Waals surface area contributed by atoms with Crippen molar-refractivity contribution in [1.82, 2.24) is 0 Å². The summed E-state index contributed by atoms with van der Waals surface area (Å²) >= 11 is 3.31. The minimum absolute atomic E-state index is 1.24. The normalized spacial score (nSPS) is 20.9. The smallest absolute Gasteiger partial charge is 0.206 e. The van der Waals surface area contributed by atoms with Crippen LogP contribution in [0.4, 0.5) is 0 Å². The van der Waals surface area contributed by atoms with E-state index in [4.69, 9.17) is 0 Å². The minimum Gasteiger partial charge on any atom is -0.230 e. The number of halogens is 1. The fourth-order valence-corrected chi connectivity index (χ4v) is 1.43. The number of rotatable bonds is 0. The molecule has 0 aromatic carbocycles. The second-order valence-corrected chi connectivity index (χ2v) is 2.60. The van der Waals surface area contributed by atoms with Crippen molar-refractivity contribution in [2.75, 3.05) is 13.1 Å². The zero-order chi connectivity index (χ0) is 5.82. The second-order valence-electron chi connectivity index (χ2n) is 2.19. The van der Waals surface area contributed by atoms with Crippen LogP contribution in [0.15, 0.2) is 0 Å². The molecule has 1 rings (SSSR count). The van der Waals surface area contributed by atoms with Gasteiger partial charge in [-0.25, -0.2) is 4.58 Å². The molecule has 8 heavy (non-hydrogen) atoms. The molecule has 0 aliphatic carbocycles. The predicted octanol–water partition coefficient (Wildman–Crippen LogP) is 1.61. The molecule has 1 saturated heterocycles. The van der Waals surface area contributed by atoms with E-state index in [1.807, 2.05) is 5.12 Å². The van der Waals surface area contributed by atoms with Gasteiger partial charge in [-0.2, -0.15) is 0 Å². The lowest BCUT2D eigenvalue weighted by molar-refractivity contribution is -0.530. The molecule has 46 valence electrons. The molecule has 0 aromatic heterocycles. The minimum atomic E-state index is 1.24. The molecule has 0 atom stereocenters.